The second-order valence-corrected chi connectivity index (χ2v) is 9.77. The van der Waals surface area contributed by atoms with Gasteiger partial charge in [-0.05, 0) is 54.3 Å². The first kappa shape index (κ1) is 24.4. The highest BCUT2D eigenvalue weighted by Gasteiger charge is 2.31. The third-order valence-electron chi connectivity index (χ3n) is 4.83. The lowest BCUT2D eigenvalue weighted by Gasteiger charge is -2.16. The first-order valence-electron chi connectivity index (χ1n) is 10.3. The van der Waals surface area contributed by atoms with Crippen molar-refractivity contribution in [3.63, 3.8) is 0 Å². The molecule has 1 amide bonds. The number of rotatable bonds is 9. The molecule has 1 aliphatic rings. The summed E-state index contributed by atoms with van der Waals surface area (Å²) in [4.78, 5) is 14.7. The van der Waals surface area contributed by atoms with Gasteiger partial charge in [-0.15, -0.1) is 6.58 Å². The van der Waals surface area contributed by atoms with E-state index in [0.717, 1.165) is 16.9 Å². The van der Waals surface area contributed by atoms with Crippen LogP contribution in [0.5, 0.6) is 11.5 Å². The Kier molecular flexibility index (Phi) is 8.40. The molecule has 168 valence electrons. The molecule has 1 aliphatic heterocycles. The van der Waals surface area contributed by atoms with E-state index in [4.69, 9.17) is 33.3 Å². The molecular formula is C25H26ClNO3S2. The van der Waals surface area contributed by atoms with Gasteiger partial charge in [0.05, 0.1) is 4.91 Å². The summed E-state index contributed by atoms with van der Waals surface area (Å²) in [7, 11) is 0. The van der Waals surface area contributed by atoms with Crippen LogP contribution < -0.4 is 9.47 Å². The number of nitrogens with zero attached hydrogens (tertiary/aromatic N) is 1. The van der Waals surface area contributed by atoms with Crippen LogP contribution in [0.2, 0.25) is 5.02 Å². The minimum atomic E-state index is -0.144. The lowest BCUT2D eigenvalue weighted by atomic mass is 10.0. The molecule has 1 saturated heterocycles. The van der Waals surface area contributed by atoms with Crippen molar-refractivity contribution in [2.75, 3.05) is 19.8 Å². The first-order chi connectivity index (χ1) is 15.3. The molecule has 2 aromatic carbocycles. The maximum atomic E-state index is 12.6. The average Bonchev–Trinajstić information content (AvgIpc) is 3.00. The van der Waals surface area contributed by atoms with E-state index >= 15 is 0 Å². The first-order valence-corrected chi connectivity index (χ1v) is 11.9. The zero-order valence-corrected chi connectivity index (χ0v) is 20.8. The highest BCUT2D eigenvalue weighted by atomic mass is 35.5. The van der Waals surface area contributed by atoms with Gasteiger partial charge in [0.2, 0.25) is 0 Å². The third-order valence-corrected chi connectivity index (χ3v) is 6.45. The molecule has 0 aliphatic carbocycles. The van der Waals surface area contributed by atoms with Crippen molar-refractivity contribution in [2.45, 2.75) is 26.7 Å². The lowest BCUT2D eigenvalue weighted by molar-refractivity contribution is -0.121. The molecule has 4 nitrogen and oxygen atoms in total. The SMILES string of the molecule is C=CCN1C(=O)/C(=C/c2cc(Cl)ccc2OCCOc2cc(C)ccc2C(C)C)SC1=S. The Hall–Kier alpha value is -2.28. The Morgan fingerprint density at radius 1 is 1.16 bits per heavy atom. The normalized spacial score (nSPS) is 15.0. The Morgan fingerprint density at radius 2 is 1.88 bits per heavy atom. The van der Waals surface area contributed by atoms with Crippen molar-refractivity contribution in [3.05, 3.63) is 75.7 Å². The van der Waals surface area contributed by atoms with Gasteiger partial charge in [-0.3, -0.25) is 9.69 Å². The Balaban J connectivity index is 1.70. The number of aryl methyl sites for hydroxylation is 1. The molecule has 7 heteroatoms. The summed E-state index contributed by atoms with van der Waals surface area (Å²) >= 11 is 12.8. The molecule has 0 atom stereocenters. The van der Waals surface area contributed by atoms with Crippen molar-refractivity contribution in [3.8, 4) is 11.5 Å². The quantitative estimate of drug-likeness (QED) is 0.172. The molecule has 1 heterocycles. The van der Waals surface area contributed by atoms with Crippen LogP contribution in [0.1, 0.15) is 36.5 Å². The molecule has 0 saturated carbocycles. The van der Waals surface area contributed by atoms with Crippen LogP contribution in [0.15, 0.2) is 54.0 Å². The second kappa shape index (κ2) is 11.0. The van der Waals surface area contributed by atoms with Crippen molar-refractivity contribution >= 4 is 51.9 Å². The number of carbonyl (C=O) groups excluding carboxylic acids is 1. The minimum absolute atomic E-state index is 0.144. The van der Waals surface area contributed by atoms with Crippen LogP contribution in [-0.4, -0.2) is 34.9 Å². The maximum Gasteiger partial charge on any atom is 0.266 e. The topological polar surface area (TPSA) is 38.8 Å². The molecular weight excluding hydrogens is 462 g/mol. The fraction of sp³-hybridized carbons (Fsp3) is 0.280. The maximum absolute atomic E-state index is 12.6. The van der Waals surface area contributed by atoms with E-state index in [2.05, 4.69) is 32.6 Å². The van der Waals surface area contributed by atoms with Crippen LogP contribution in [-0.2, 0) is 4.79 Å². The number of ether oxygens (including phenoxy) is 2. The number of amides is 1. The highest BCUT2D eigenvalue weighted by molar-refractivity contribution is 8.26. The smallest absolute Gasteiger partial charge is 0.266 e. The van der Waals surface area contributed by atoms with Gasteiger partial charge in [0.1, 0.15) is 29.0 Å². The van der Waals surface area contributed by atoms with Crippen molar-refractivity contribution in [2.24, 2.45) is 0 Å². The average molecular weight is 488 g/mol. The molecule has 0 unspecified atom stereocenters. The van der Waals surface area contributed by atoms with Crippen molar-refractivity contribution < 1.29 is 14.3 Å². The summed E-state index contributed by atoms with van der Waals surface area (Å²) in [5.74, 6) is 1.73. The van der Waals surface area contributed by atoms with Gasteiger partial charge in [-0.1, -0.05) is 67.6 Å². The van der Waals surface area contributed by atoms with Gasteiger partial charge < -0.3 is 9.47 Å². The number of benzene rings is 2. The largest absolute Gasteiger partial charge is 0.490 e. The molecule has 1 fully saturated rings. The summed E-state index contributed by atoms with van der Waals surface area (Å²) in [6.45, 7) is 11.1. The van der Waals surface area contributed by atoms with E-state index in [-0.39, 0.29) is 5.91 Å². The zero-order valence-electron chi connectivity index (χ0n) is 18.4. The van der Waals surface area contributed by atoms with Crippen molar-refractivity contribution in [1.29, 1.82) is 0 Å². The Bertz CT molecular complexity index is 1070. The van der Waals surface area contributed by atoms with Gasteiger partial charge in [-0.2, -0.15) is 0 Å². The molecule has 0 N–H and O–H groups in total. The molecule has 0 aromatic heterocycles. The van der Waals surface area contributed by atoms with Gasteiger partial charge in [0.15, 0.2) is 0 Å². The van der Waals surface area contributed by atoms with Gasteiger partial charge in [0.25, 0.3) is 5.91 Å². The number of carbonyl (C=O) groups is 1. The van der Waals surface area contributed by atoms with Crippen LogP contribution in [0, 0.1) is 6.92 Å². The molecule has 0 radical (unpaired) electrons. The summed E-state index contributed by atoms with van der Waals surface area (Å²) in [5, 5.41) is 0.558. The van der Waals surface area contributed by atoms with E-state index in [1.165, 1.54) is 22.2 Å². The number of hydrogen-bond acceptors (Lipinski definition) is 5. The summed E-state index contributed by atoms with van der Waals surface area (Å²) in [6, 6.07) is 11.6. The number of thiocarbonyl (C=S) groups is 1. The fourth-order valence-corrected chi connectivity index (χ4v) is 4.68. The number of thioether (sulfide) groups is 1. The molecule has 0 bridgehead atoms. The Labute approximate surface area is 204 Å². The van der Waals surface area contributed by atoms with Crippen molar-refractivity contribution in [1.82, 2.24) is 4.90 Å². The highest BCUT2D eigenvalue weighted by Crippen LogP contribution is 2.35. The summed E-state index contributed by atoms with van der Waals surface area (Å²) in [6.07, 6.45) is 3.42. The van der Waals surface area contributed by atoms with Gasteiger partial charge in [-0.25, -0.2) is 0 Å². The zero-order chi connectivity index (χ0) is 23.3. The van der Waals surface area contributed by atoms with E-state index in [1.54, 1.807) is 30.4 Å². The fourth-order valence-electron chi connectivity index (χ4n) is 3.24. The standard InChI is InChI=1S/C25H26ClNO3S2/c1-5-10-27-24(28)23(32-25(27)31)15-18-14-19(26)7-9-21(18)29-11-12-30-22-13-17(4)6-8-20(22)16(2)3/h5-9,13-16H,1,10-12H2,2-4H3/b23-15-. The number of halogens is 1. The lowest BCUT2D eigenvalue weighted by Crippen LogP contribution is -2.27. The van der Waals surface area contributed by atoms with Crippen LogP contribution in [0.4, 0.5) is 0 Å². The monoisotopic (exact) mass is 487 g/mol. The Morgan fingerprint density at radius 3 is 2.56 bits per heavy atom. The summed E-state index contributed by atoms with van der Waals surface area (Å²) in [5.41, 5.74) is 3.04. The molecule has 3 rings (SSSR count). The van der Waals surface area contributed by atoms with E-state index < -0.39 is 0 Å². The minimum Gasteiger partial charge on any atom is -0.490 e. The predicted octanol–water partition coefficient (Wildman–Crippen LogP) is 6.62. The predicted molar refractivity (Wildman–Crippen MR) is 138 cm³/mol. The van der Waals surface area contributed by atoms with Crippen LogP contribution >= 0.6 is 35.6 Å². The van der Waals surface area contributed by atoms with Gasteiger partial charge in [0, 0.05) is 17.1 Å². The van der Waals surface area contributed by atoms with E-state index in [9.17, 15) is 4.79 Å². The van der Waals surface area contributed by atoms with Gasteiger partial charge >= 0.3 is 0 Å². The number of hydrogen-bond donors (Lipinski definition) is 0. The van der Waals surface area contributed by atoms with E-state index in [0.29, 0.717) is 45.7 Å². The second-order valence-electron chi connectivity index (χ2n) is 7.66. The molecule has 2 aromatic rings. The van der Waals surface area contributed by atoms with E-state index in [1.807, 2.05) is 13.0 Å². The molecule has 32 heavy (non-hydrogen) atoms. The molecule has 0 spiro atoms. The van der Waals surface area contributed by atoms with Crippen LogP contribution in [0.25, 0.3) is 6.08 Å². The summed E-state index contributed by atoms with van der Waals surface area (Å²) < 4.78 is 12.5. The van der Waals surface area contributed by atoms with Crippen LogP contribution in [0.3, 0.4) is 0 Å². The third kappa shape index (κ3) is 5.94.